The van der Waals surface area contributed by atoms with Crippen LogP contribution in [0.2, 0.25) is 0 Å². The maximum atomic E-state index is 13.1. The molecule has 0 aromatic heterocycles. The van der Waals surface area contributed by atoms with Crippen molar-refractivity contribution < 1.29 is 14.3 Å². The van der Waals surface area contributed by atoms with Crippen molar-refractivity contribution in [2.24, 2.45) is 0 Å². The Labute approximate surface area is 149 Å². The van der Waals surface area contributed by atoms with Gasteiger partial charge in [0.2, 0.25) is 5.60 Å². The minimum absolute atomic E-state index is 0.0395. The lowest BCUT2D eigenvalue weighted by atomic mass is 9.91. The van der Waals surface area contributed by atoms with Gasteiger partial charge in [0.25, 0.3) is 0 Å². The topological polar surface area (TPSA) is 38.8 Å². The summed E-state index contributed by atoms with van der Waals surface area (Å²) in [6.45, 7) is 4.09. The van der Waals surface area contributed by atoms with Crippen LogP contribution in [0.4, 0.5) is 0 Å². The van der Waals surface area contributed by atoms with Crippen LogP contribution >= 0.6 is 0 Å². The van der Waals surface area contributed by atoms with Gasteiger partial charge in [-0.05, 0) is 50.7 Å². The van der Waals surface area contributed by atoms with Crippen LogP contribution in [0.3, 0.4) is 0 Å². The number of carbonyl (C=O) groups is 1. The average molecular weight is 336 g/mol. The van der Waals surface area contributed by atoms with E-state index in [9.17, 15) is 4.79 Å². The van der Waals surface area contributed by atoms with Gasteiger partial charge in [-0.1, -0.05) is 59.7 Å². The highest BCUT2D eigenvalue weighted by molar-refractivity contribution is 5.86. The maximum Gasteiger partial charge on any atom is 0.346 e. The molecule has 2 atom stereocenters. The Hall–Kier alpha value is -2.13. The summed E-state index contributed by atoms with van der Waals surface area (Å²) in [5, 5.41) is 0. The van der Waals surface area contributed by atoms with E-state index in [2.05, 4.69) is 19.1 Å². The average Bonchev–Trinajstić information content (AvgIpc) is 3.17. The van der Waals surface area contributed by atoms with E-state index in [1.807, 2.05) is 43.3 Å². The van der Waals surface area contributed by atoms with Gasteiger partial charge in [-0.3, -0.25) is 0 Å². The zero-order valence-electron chi connectivity index (χ0n) is 14.8. The molecule has 25 heavy (non-hydrogen) atoms. The van der Waals surface area contributed by atoms with Gasteiger partial charge >= 0.3 is 5.97 Å². The number of rotatable bonds is 4. The lowest BCUT2D eigenvalue weighted by molar-refractivity contribution is -0.155. The number of ether oxygens (including phenoxy) is 2. The standard InChI is InChI=1S/C22H24O3/c1-15-7-11-17(12-8-15)20-22(25-20,18-13-9-16(2)10-14-18)21(23)24-19-5-3-4-6-19/h7-14,19-20H,3-6H2,1-2H3. The van der Waals surface area contributed by atoms with Crippen LogP contribution in [0.1, 0.15) is 54.0 Å². The number of epoxide rings is 1. The number of esters is 1. The summed E-state index contributed by atoms with van der Waals surface area (Å²) in [5.74, 6) is -0.242. The molecule has 2 aromatic rings. The Morgan fingerprint density at radius 1 is 0.960 bits per heavy atom. The highest BCUT2D eigenvalue weighted by Crippen LogP contribution is 2.58. The molecular formula is C22H24O3. The predicted octanol–water partition coefficient (Wildman–Crippen LogP) is 4.76. The second-order valence-corrected chi connectivity index (χ2v) is 7.32. The van der Waals surface area contributed by atoms with Crippen molar-refractivity contribution in [3.8, 4) is 0 Å². The summed E-state index contributed by atoms with van der Waals surface area (Å²) in [6, 6.07) is 16.2. The first-order valence-corrected chi connectivity index (χ1v) is 9.12. The van der Waals surface area contributed by atoms with E-state index >= 15 is 0 Å². The number of aryl methyl sites for hydroxylation is 2. The van der Waals surface area contributed by atoms with Crippen LogP contribution in [-0.2, 0) is 19.9 Å². The van der Waals surface area contributed by atoms with Gasteiger partial charge < -0.3 is 9.47 Å². The van der Waals surface area contributed by atoms with Crippen molar-refractivity contribution in [2.45, 2.75) is 57.3 Å². The van der Waals surface area contributed by atoms with E-state index in [1.165, 1.54) is 5.56 Å². The molecule has 0 radical (unpaired) electrons. The first-order valence-electron chi connectivity index (χ1n) is 9.12. The molecule has 4 rings (SSSR count). The number of hydrogen-bond acceptors (Lipinski definition) is 3. The van der Waals surface area contributed by atoms with Gasteiger partial charge in [0, 0.05) is 0 Å². The van der Waals surface area contributed by atoms with Crippen LogP contribution in [0.5, 0.6) is 0 Å². The van der Waals surface area contributed by atoms with Gasteiger partial charge in [0.05, 0.1) is 0 Å². The molecule has 3 heteroatoms. The van der Waals surface area contributed by atoms with Crippen molar-refractivity contribution in [2.75, 3.05) is 0 Å². The molecule has 0 spiro atoms. The second kappa shape index (κ2) is 6.30. The Kier molecular flexibility index (Phi) is 4.12. The third-order valence-electron chi connectivity index (χ3n) is 5.36. The molecule has 2 fully saturated rings. The van der Waals surface area contributed by atoms with Gasteiger partial charge in [-0.15, -0.1) is 0 Å². The molecule has 0 N–H and O–H groups in total. The monoisotopic (exact) mass is 336 g/mol. The lowest BCUT2D eigenvalue weighted by Crippen LogP contribution is -2.29. The van der Waals surface area contributed by atoms with Crippen LogP contribution < -0.4 is 0 Å². The summed E-state index contributed by atoms with van der Waals surface area (Å²) >= 11 is 0. The molecule has 2 unspecified atom stereocenters. The first-order chi connectivity index (χ1) is 12.1. The molecule has 1 aliphatic heterocycles. The molecule has 1 saturated heterocycles. The molecule has 130 valence electrons. The third-order valence-corrected chi connectivity index (χ3v) is 5.36. The molecule has 0 amide bonds. The summed E-state index contributed by atoms with van der Waals surface area (Å²) in [6.07, 6.45) is 3.97. The quantitative estimate of drug-likeness (QED) is 0.597. The molecule has 1 saturated carbocycles. The Morgan fingerprint density at radius 3 is 2.12 bits per heavy atom. The Morgan fingerprint density at radius 2 is 1.52 bits per heavy atom. The van der Waals surface area contributed by atoms with Crippen LogP contribution in [0.25, 0.3) is 0 Å². The number of hydrogen-bond donors (Lipinski definition) is 0. The SMILES string of the molecule is Cc1ccc(C2OC2(C(=O)OC2CCCC2)c2ccc(C)cc2)cc1. The van der Waals surface area contributed by atoms with E-state index in [4.69, 9.17) is 9.47 Å². The van der Waals surface area contributed by atoms with E-state index in [0.717, 1.165) is 42.4 Å². The van der Waals surface area contributed by atoms with E-state index < -0.39 is 5.60 Å². The van der Waals surface area contributed by atoms with Crippen LogP contribution in [0, 0.1) is 13.8 Å². The number of carbonyl (C=O) groups excluding carboxylic acids is 1. The molecule has 2 aromatic carbocycles. The third kappa shape index (κ3) is 2.98. The lowest BCUT2D eigenvalue weighted by Gasteiger charge is -2.17. The van der Waals surface area contributed by atoms with Crippen LogP contribution in [-0.4, -0.2) is 12.1 Å². The molecule has 1 heterocycles. The molecule has 1 aliphatic carbocycles. The van der Waals surface area contributed by atoms with Crippen molar-refractivity contribution in [3.05, 3.63) is 70.8 Å². The highest BCUT2D eigenvalue weighted by Gasteiger charge is 2.66. The first kappa shape index (κ1) is 16.3. The maximum absolute atomic E-state index is 13.1. The van der Waals surface area contributed by atoms with Crippen LogP contribution in [0.15, 0.2) is 48.5 Å². The van der Waals surface area contributed by atoms with Crippen molar-refractivity contribution in [1.82, 2.24) is 0 Å². The minimum atomic E-state index is -0.994. The van der Waals surface area contributed by atoms with Gasteiger partial charge in [0.15, 0.2) is 0 Å². The summed E-state index contributed by atoms with van der Waals surface area (Å²) in [4.78, 5) is 13.1. The van der Waals surface area contributed by atoms with Gasteiger partial charge in [0.1, 0.15) is 12.2 Å². The fourth-order valence-corrected chi connectivity index (χ4v) is 3.73. The highest BCUT2D eigenvalue weighted by atomic mass is 16.7. The summed E-state index contributed by atoms with van der Waals surface area (Å²) < 4.78 is 11.9. The van der Waals surface area contributed by atoms with Crippen molar-refractivity contribution in [1.29, 1.82) is 0 Å². The molecule has 0 bridgehead atoms. The van der Waals surface area contributed by atoms with E-state index in [1.54, 1.807) is 0 Å². The summed E-state index contributed by atoms with van der Waals surface area (Å²) in [7, 11) is 0. The fourth-order valence-electron chi connectivity index (χ4n) is 3.73. The van der Waals surface area contributed by atoms with Gasteiger partial charge in [-0.25, -0.2) is 4.79 Å². The largest absolute Gasteiger partial charge is 0.460 e. The van der Waals surface area contributed by atoms with E-state index in [-0.39, 0.29) is 18.2 Å². The van der Waals surface area contributed by atoms with E-state index in [0.29, 0.717) is 0 Å². The normalized spacial score (nSPS) is 25.8. The Balaban J connectivity index is 1.65. The smallest absolute Gasteiger partial charge is 0.346 e. The zero-order valence-corrected chi connectivity index (χ0v) is 14.8. The molecule has 3 nitrogen and oxygen atoms in total. The van der Waals surface area contributed by atoms with Crippen molar-refractivity contribution >= 4 is 5.97 Å². The molecule has 2 aliphatic rings. The fraction of sp³-hybridized carbons (Fsp3) is 0.409. The number of benzene rings is 2. The Bertz CT molecular complexity index is 757. The zero-order chi connectivity index (χ0) is 17.4. The summed E-state index contributed by atoms with van der Waals surface area (Å²) in [5.41, 5.74) is 3.27. The van der Waals surface area contributed by atoms with Gasteiger partial charge in [-0.2, -0.15) is 0 Å². The second-order valence-electron chi connectivity index (χ2n) is 7.32. The van der Waals surface area contributed by atoms with Crippen molar-refractivity contribution in [3.63, 3.8) is 0 Å². The predicted molar refractivity (Wildman–Crippen MR) is 96.2 cm³/mol. The minimum Gasteiger partial charge on any atom is -0.460 e. The molecular weight excluding hydrogens is 312 g/mol.